The number of aromatic nitrogens is 1. The van der Waals surface area contributed by atoms with Crippen molar-refractivity contribution in [1.82, 2.24) is 15.4 Å². The average Bonchev–Trinajstić information content (AvgIpc) is 3.12. The summed E-state index contributed by atoms with van der Waals surface area (Å²) in [6, 6.07) is 7.53. The summed E-state index contributed by atoms with van der Waals surface area (Å²) in [6.45, 7) is 8.71. The summed E-state index contributed by atoms with van der Waals surface area (Å²) < 4.78 is 5.34. The quantitative estimate of drug-likeness (QED) is 0.776. The number of carbonyl (C=O) groups excluding carboxylic acids is 2. The van der Waals surface area contributed by atoms with Gasteiger partial charge in [-0.15, -0.1) is 0 Å². The molecule has 1 aliphatic heterocycles. The number of phenols is 1. The van der Waals surface area contributed by atoms with E-state index in [4.69, 9.17) is 4.52 Å². The van der Waals surface area contributed by atoms with Crippen LogP contribution in [0.2, 0.25) is 0 Å². The fourth-order valence-corrected chi connectivity index (χ4v) is 3.78. The molecule has 7 nitrogen and oxygen atoms in total. The number of benzene rings is 1. The van der Waals surface area contributed by atoms with E-state index in [0.29, 0.717) is 30.2 Å². The highest BCUT2D eigenvalue weighted by Crippen LogP contribution is 2.26. The number of hydrogen-bond donors (Lipinski definition) is 2. The van der Waals surface area contributed by atoms with E-state index in [1.165, 1.54) is 0 Å². The molecule has 7 heteroatoms. The van der Waals surface area contributed by atoms with E-state index in [2.05, 4.69) is 24.3 Å². The van der Waals surface area contributed by atoms with Crippen LogP contribution in [0.5, 0.6) is 5.75 Å². The highest BCUT2D eigenvalue weighted by atomic mass is 16.5. The Labute approximate surface area is 171 Å². The first-order valence-corrected chi connectivity index (χ1v) is 10.1. The topological polar surface area (TPSA) is 95.7 Å². The molecular formula is C22H29N3O4. The maximum atomic E-state index is 13.3. The van der Waals surface area contributed by atoms with Gasteiger partial charge in [-0.25, -0.2) is 0 Å². The molecular weight excluding hydrogens is 370 g/mol. The van der Waals surface area contributed by atoms with Crippen molar-refractivity contribution >= 4 is 11.8 Å². The number of phenolic OH excluding ortho intramolecular Hbond substituents is 1. The first kappa shape index (κ1) is 20.9. The zero-order chi connectivity index (χ0) is 21.1. The van der Waals surface area contributed by atoms with Crippen LogP contribution >= 0.6 is 0 Å². The van der Waals surface area contributed by atoms with Crippen molar-refractivity contribution in [1.29, 1.82) is 0 Å². The summed E-state index contributed by atoms with van der Waals surface area (Å²) >= 11 is 0. The second-order valence-electron chi connectivity index (χ2n) is 8.56. The third-order valence-electron chi connectivity index (χ3n) is 5.01. The Balaban J connectivity index is 1.86. The van der Waals surface area contributed by atoms with Gasteiger partial charge in [0.2, 0.25) is 5.91 Å². The lowest BCUT2D eigenvalue weighted by Crippen LogP contribution is -2.62. The summed E-state index contributed by atoms with van der Waals surface area (Å²) in [5.41, 5.74) is 0.791. The van der Waals surface area contributed by atoms with E-state index in [1.54, 1.807) is 35.2 Å². The highest BCUT2D eigenvalue weighted by Gasteiger charge is 2.38. The number of carbonyl (C=O) groups is 2. The third kappa shape index (κ3) is 4.96. The Morgan fingerprint density at radius 3 is 2.62 bits per heavy atom. The third-order valence-corrected chi connectivity index (χ3v) is 5.01. The standard InChI is InChI=1S/C22H29N3O4/c1-13(2)8-16-12-25(19(9-14(3)4)21(27)23-16)22(28)18-11-20(29-24-18)15-6-5-7-17(26)10-15/h5-7,10-11,13-14,16,19,26H,8-9,12H2,1-4H3,(H,23,27)/t16-,19-/m0/s1. The largest absolute Gasteiger partial charge is 0.508 e. The van der Waals surface area contributed by atoms with Crippen molar-refractivity contribution < 1.29 is 19.2 Å². The van der Waals surface area contributed by atoms with Gasteiger partial charge in [0, 0.05) is 24.2 Å². The smallest absolute Gasteiger partial charge is 0.276 e. The second kappa shape index (κ2) is 8.68. The maximum Gasteiger partial charge on any atom is 0.276 e. The van der Waals surface area contributed by atoms with Gasteiger partial charge in [-0.2, -0.15) is 0 Å². The number of rotatable bonds is 6. The van der Waals surface area contributed by atoms with Crippen molar-refractivity contribution in [2.45, 2.75) is 52.6 Å². The van der Waals surface area contributed by atoms with Crippen molar-refractivity contribution in [3.63, 3.8) is 0 Å². The average molecular weight is 399 g/mol. The number of amides is 2. The molecule has 3 rings (SSSR count). The predicted octanol–water partition coefficient (Wildman–Crippen LogP) is 3.45. The predicted molar refractivity (Wildman–Crippen MR) is 109 cm³/mol. The first-order chi connectivity index (χ1) is 13.7. The molecule has 1 aromatic heterocycles. The molecule has 1 fully saturated rings. The van der Waals surface area contributed by atoms with E-state index in [9.17, 15) is 14.7 Å². The summed E-state index contributed by atoms with van der Waals surface area (Å²) in [7, 11) is 0. The molecule has 2 heterocycles. The minimum atomic E-state index is -0.521. The summed E-state index contributed by atoms with van der Waals surface area (Å²) in [6.07, 6.45) is 1.39. The van der Waals surface area contributed by atoms with E-state index < -0.39 is 6.04 Å². The van der Waals surface area contributed by atoms with Crippen LogP contribution in [-0.4, -0.2) is 45.6 Å². The molecule has 0 radical (unpaired) electrons. The molecule has 2 amide bonds. The number of hydrogen-bond acceptors (Lipinski definition) is 5. The van der Waals surface area contributed by atoms with Crippen LogP contribution < -0.4 is 5.32 Å². The van der Waals surface area contributed by atoms with Crippen molar-refractivity contribution in [2.75, 3.05) is 6.54 Å². The van der Waals surface area contributed by atoms with Crippen LogP contribution in [0.4, 0.5) is 0 Å². The number of aromatic hydroxyl groups is 1. The summed E-state index contributed by atoms with van der Waals surface area (Å²) in [5, 5.41) is 16.7. The maximum absolute atomic E-state index is 13.3. The zero-order valence-electron chi connectivity index (χ0n) is 17.4. The number of nitrogens with zero attached hydrogens (tertiary/aromatic N) is 2. The van der Waals surface area contributed by atoms with Crippen LogP contribution in [0.3, 0.4) is 0 Å². The van der Waals surface area contributed by atoms with Gasteiger partial charge in [0.1, 0.15) is 11.8 Å². The molecule has 29 heavy (non-hydrogen) atoms. The molecule has 0 spiro atoms. The van der Waals surface area contributed by atoms with Gasteiger partial charge >= 0.3 is 0 Å². The van der Waals surface area contributed by atoms with Crippen LogP contribution in [0, 0.1) is 11.8 Å². The monoisotopic (exact) mass is 399 g/mol. The normalized spacial score (nSPS) is 19.7. The molecule has 0 saturated carbocycles. The van der Waals surface area contributed by atoms with E-state index in [1.807, 2.05) is 13.8 Å². The van der Waals surface area contributed by atoms with E-state index in [0.717, 1.165) is 6.42 Å². The highest BCUT2D eigenvalue weighted by molar-refractivity contribution is 5.97. The molecule has 0 unspecified atom stereocenters. The minimum Gasteiger partial charge on any atom is -0.508 e. The molecule has 2 atom stereocenters. The lowest BCUT2D eigenvalue weighted by Gasteiger charge is -2.40. The van der Waals surface area contributed by atoms with Crippen molar-refractivity contribution in [3.8, 4) is 17.1 Å². The van der Waals surface area contributed by atoms with Gasteiger partial charge in [0.05, 0.1) is 0 Å². The molecule has 1 aliphatic rings. The van der Waals surface area contributed by atoms with Crippen molar-refractivity contribution in [2.24, 2.45) is 11.8 Å². The summed E-state index contributed by atoms with van der Waals surface area (Å²) in [4.78, 5) is 27.6. The minimum absolute atomic E-state index is 0.0766. The van der Waals surface area contributed by atoms with Gasteiger partial charge in [-0.3, -0.25) is 9.59 Å². The Morgan fingerprint density at radius 1 is 1.24 bits per heavy atom. The van der Waals surface area contributed by atoms with Crippen LogP contribution in [0.15, 0.2) is 34.9 Å². The Bertz CT molecular complexity index is 874. The Kier molecular flexibility index (Phi) is 6.25. The number of piperazine rings is 1. The summed E-state index contributed by atoms with van der Waals surface area (Å²) in [5.74, 6) is 0.749. The molecule has 1 saturated heterocycles. The molecule has 156 valence electrons. The van der Waals surface area contributed by atoms with Crippen LogP contribution in [-0.2, 0) is 4.79 Å². The van der Waals surface area contributed by atoms with Crippen LogP contribution in [0.1, 0.15) is 51.0 Å². The van der Waals surface area contributed by atoms with Gasteiger partial charge in [-0.1, -0.05) is 45.0 Å². The number of nitrogens with one attached hydrogen (secondary N) is 1. The fraction of sp³-hybridized carbons (Fsp3) is 0.500. The SMILES string of the molecule is CC(C)C[C@H]1CN(C(=O)c2cc(-c3cccc(O)c3)on2)[C@@H](CC(C)C)C(=O)N1. The van der Waals surface area contributed by atoms with Crippen molar-refractivity contribution in [3.05, 3.63) is 36.0 Å². The van der Waals surface area contributed by atoms with Gasteiger partial charge in [0.15, 0.2) is 11.5 Å². The molecule has 2 aromatic rings. The van der Waals surface area contributed by atoms with Gasteiger partial charge in [-0.05, 0) is 36.8 Å². The molecule has 0 bridgehead atoms. The van der Waals surface area contributed by atoms with Gasteiger partial charge in [0.25, 0.3) is 5.91 Å². The Hall–Kier alpha value is -2.83. The van der Waals surface area contributed by atoms with E-state index >= 15 is 0 Å². The zero-order valence-corrected chi connectivity index (χ0v) is 17.4. The van der Waals surface area contributed by atoms with E-state index in [-0.39, 0.29) is 35.2 Å². The fourth-order valence-electron chi connectivity index (χ4n) is 3.78. The molecule has 1 aromatic carbocycles. The van der Waals surface area contributed by atoms with Gasteiger partial charge < -0.3 is 19.8 Å². The van der Waals surface area contributed by atoms with Crippen LogP contribution in [0.25, 0.3) is 11.3 Å². The first-order valence-electron chi connectivity index (χ1n) is 10.1. The molecule has 0 aliphatic carbocycles. The lowest BCUT2D eigenvalue weighted by atomic mass is 9.94. The Morgan fingerprint density at radius 2 is 1.97 bits per heavy atom. The second-order valence-corrected chi connectivity index (χ2v) is 8.56. The lowest BCUT2D eigenvalue weighted by molar-refractivity contribution is -0.130. The molecule has 2 N–H and O–H groups in total.